The number of aromatic nitrogens is 3. The molecular formula is C35H31ClF5N7O6. The summed E-state index contributed by atoms with van der Waals surface area (Å²) in [7, 11) is 1.09. The van der Waals surface area contributed by atoms with Crippen molar-refractivity contribution in [3.63, 3.8) is 0 Å². The number of benzene rings is 3. The molecule has 0 spiro atoms. The fourth-order valence-corrected chi connectivity index (χ4v) is 5.21. The Morgan fingerprint density at radius 3 is 2.24 bits per heavy atom. The molecule has 4 aromatic rings. The van der Waals surface area contributed by atoms with Crippen LogP contribution in [-0.4, -0.2) is 71.0 Å². The van der Waals surface area contributed by atoms with Gasteiger partial charge in [0.25, 0.3) is 11.8 Å². The number of hydrogen-bond donors (Lipinski definition) is 4. The van der Waals surface area contributed by atoms with Gasteiger partial charge in [-0.1, -0.05) is 29.8 Å². The third kappa shape index (κ3) is 10.8. The van der Waals surface area contributed by atoms with Crippen LogP contribution >= 0.6 is 11.6 Å². The number of amides is 2. The second kappa shape index (κ2) is 16.8. The van der Waals surface area contributed by atoms with E-state index in [0.29, 0.717) is 29.6 Å². The van der Waals surface area contributed by atoms with E-state index in [1.54, 1.807) is 12.1 Å². The first-order valence-corrected chi connectivity index (χ1v) is 16.5. The number of halogens is 6. The molecule has 1 saturated carbocycles. The number of methoxy groups -OCH3 is 1. The number of carbonyl (C=O) groups excluding carboxylic acids is 4. The zero-order chi connectivity index (χ0) is 39.0. The fourth-order valence-electron chi connectivity index (χ4n) is 5.09. The maximum Gasteiger partial charge on any atom is 0.422 e. The lowest BCUT2D eigenvalue weighted by molar-refractivity contribution is -0.154. The summed E-state index contributed by atoms with van der Waals surface area (Å²) in [5.74, 6) is -5.68. The lowest BCUT2D eigenvalue weighted by Crippen LogP contribution is -2.44. The molecule has 1 aromatic heterocycles. The summed E-state index contributed by atoms with van der Waals surface area (Å²) in [6, 6.07) is 13.4. The van der Waals surface area contributed by atoms with E-state index in [1.165, 1.54) is 24.3 Å². The zero-order valence-electron chi connectivity index (χ0n) is 28.2. The van der Waals surface area contributed by atoms with Crippen LogP contribution in [0.15, 0.2) is 66.7 Å². The standard InChI is InChI=1S/C35H31ClF5N7O6/c1-53-30(52)26(12-15-42-29(51)27(49)16-20-2-9-23(37)17-25(20)38)44-28(50)19-3-10-24(11-4-19)43-31-45-32(47-33(46-31)54-18-35(39,40)41)48-34(13-14-34)21-5-7-22(36)8-6-21/h2-11,17,26H,12-16,18H2,1H3,(H,42,51)(H,44,50)(H2,43,45,46,47,48)/t26-/m0/s1. The Morgan fingerprint density at radius 1 is 0.926 bits per heavy atom. The maximum absolute atomic E-state index is 13.9. The van der Waals surface area contributed by atoms with Gasteiger partial charge in [0.05, 0.1) is 12.6 Å². The van der Waals surface area contributed by atoms with Crippen molar-refractivity contribution >= 4 is 52.8 Å². The summed E-state index contributed by atoms with van der Waals surface area (Å²) < 4.78 is 75.4. The van der Waals surface area contributed by atoms with E-state index < -0.39 is 72.0 Å². The Labute approximate surface area is 309 Å². The molecule has 1 atom stereocenters. The van der Waals surface area contributed by atoms with E-state index >= 15 is 0 Å². The van der Waals surface area contributed by atoms with Crippen molar-refractivity contribution in [1.29, 1.82) is 0 Å². The van der Waals surface area contributed by atoms with Gasteiger partial charge in [0.1, 0.15) is 17.7 Å². The summed E-state index contributed by atoms with van der Waals surface area (Å²) in [5, 5.41) is 11.3. The van der Waals surface area contributed by atoms with E-state index in [4.69, 9.17) is 21.1 Å². The van der Waals surface area contributed by atoms with E-state index in [0.717, 1.165) is 24.8 Å². The highest BCUT2D eigenvalue weighted by atomic mass is 35.5. The number of alkyl halides is 3. The largest absolute Gasteiger partial charge is 0.467 e. The van der Waals surface area contributed by atoms with Gasteiger partial charge in [0, 0.05) is 35.3 Å². The smallest absolute Gasteiger partial charge is 0.422 e. The van der Waals surface area contributed by atoms with Crippen molar-refractivity contribution in [2.24, 2.45) is 0 Å². The molecule has 1 aliphatic rings. The van der Waals surface area contributed by atoms with Crippen LogP contribution in [-0.2, 0) is 31.1 Å². The third-order valence-electron chi connectivity index (χ3n) is 8.01. The fraction of sp³-hybridized carbons (Fsp3) is 0.286. The molecule has 0 unspecified atom stereocenters. The number of nitrogens with one attached hydrogen (secondary N) is 4. The lowest BCUT2D eigenvalue weighted by Gasteiger charge is -2.19. The molecule has 0 saturated heterocycles. The molecular weight excluding hydrogens is 745 g/mol. The second-order valence-corrected chi connectivity index (χ2v) is 12.5. The molecule has 1 heterocycles. The molecule has 0 bridgehead atoms. The number of nitrogens with zero attached hydrogens (tertiary/aromatic N) is 3. The number of carbonyl (C=O) groups is 4. The van der Waals surface area contributed by atoms with E-state index in [9.17, 15) is 41.1 Å². The molecule has 284 valence electrons. The topological polar surface area (TPSA) is 174 Å². The Bertz CT molecular complexity index is 2020. The number of ketones is 1. The molecule has 5 rings (SSSR count). The van der Waals surface area contributed by atoms with Gasteiger partial charge >= 0.3 is 18.2 Å². The normalized spacial score (nSPS) is 13.6. The number of hydrogen-bond acceptors (Lipinski definition) is 11. The number of esters is 1. The predicted molar refractivity (Wildman–Crippen MR) is 183 cm³/mol. The molecule has 1 aliphatic carbocycles. The lowest BCUT2D eigenvalue weighted by atomic mass is 10.1. The molecule has 3 aromatic carbocycles. The molecule has 2 amide bonds. The molecule has 4 N–H and O–H groups in total. The molecule has 54 heavy (non-hydrogen) atoms. The van der Waals surface area contributed by atoms with E-state index in [-0.39, 0.29) is 36.0 Å². The van der Waals surface area contributed by atoms with Crippen LogP contribution in [0.5, 0.6) is 6.01 Å². The number of anilines is 3. The second-order valence-electron chi connectivity index (χ2n) is 12.0. The van der Waals surface area contributed by atoms with Crippen LogP contribution in [0, 0.1) is 11.6 Å². The minimum atomic E-state index is -4.65. The Balaban J connectivity index is 1.21. The summed E-state index contributed by atoms with van der Waals surface area (Å²) >= 11 is 6.01. The van der Waals surface area contributed by atoms with Crippen LogP contribution in [0.2, 0.25) is 5.02 Å². The van der Waals surface area contributed by atoms with Gasteiger partial charge < -0.3 is 30.7 Å². The van der Waals surface area contributed by atoms with Crippen LogP contribution in [0.1, 0.15) is 40.7 Å². The number of rotatable bonds is 16. The molecule has 1 fully saturated rings. The van der Waals surface area contributed by atoms with Gasteiger partial charge in [-0.15, -0.1) is 0 Å². The quantitative estimate of drug-likeness (QED) is 0.0671. The van der Waals surface area contributed by atoms with Crippen LogP contribution in [0.3, 0.4) is 0 Å². The van der Waals surface area contributed by atoms with Gasteiger partial charge in [0.2, 0.25) is 17.7 Å². The minimum Gasteiger partial charge on any atom is -0.467 e. The average Bonchev–Trinajstić information content (AvgIpc) is 3.91. The number of Topliss-reactive ketones (excluding diaryl/α,β-unsaturated/α-hetero) is 1. The van der Waals surface area contributed by atoms with Gasteiger partial charge in [0.15, 0.2) is 6.61 Å². The molecule has 0 aliphatic heterocycles. The van der Waals surface area contributed by atoms with Gasteiger partial charge in [-0.2, -0.15) is 28.1 Å². The monoisotopic (exact) mass is 775 g/mol. The number of ether oxygens (including phenoxy) is 2. The highest BCUT2D eigenvalue weighted by Crippen LogP contribution is 2.48. The van der Waals surface area contributed by atoms with Crippen LogP contribution in [0.4, 0.5) is 39.5 Å². The van der Waals surface area contributed by atoms with Crippen molar-refractivity contribution in [1.82, 2.24) is 25.6 Å². The van der Waals surface area contributed by atoms with Crippen molar-refractivity contribution in [2.75, 3.05) is 30.9 Å². The highest BCUT2D eigenvalue weighted by molar-refractivity contribution is 6.36. The SMILES string of the molecule is COC(=O)[C@H](CCNC(=O)C(=O)Cc1ccc(F)cc1F)NC(=O)c1ccc(Nc2nc(NC3(c4ccc(Cl)cc4)CC3)nc(OCC(F)(F)F)n2)cc1. The van der Waals surface area contributed by atoms with E-state index in [2.05, 4.69) is 36.2 Å². The van der Waals surface area contributed by atoms with Crippen molar-refractivity contribution in [3.8, 4) is 6.01 Å². The summed E-state index contributed by atoms with van der Waals surface area (Å²) in [6.07, 6.45) is -4.08. The average molecular weight is 776 g/mol. The van der Waals surface area contributed by atoms with Crippen LogP contribution in [0.25, 0.3) is 0 Å². The van der Waals surface area contributed by atoms with E-state index in [1.807, 2.05) is 12.1 Å². The van der Waals surface area contributed by atoms with Crippen molar-refractivity contribution in [2.45, 2.75) is 43.4 Å². The molecule has 13 nitrogen and oxygen atoms in total. The maximum atomic E-state index is 13.9. The van der Waals surface area contributed by atoms with Gasteiger partial charge in [-0.05, 0) is 72.9 Å². The third-order valence-corrected chi connectivity index (χ3v) is 8.26. The first-order valence-electron chi connectivity index (χ1n) is 16.1. The first-order chi connectivity index (χ1) is 25.6. The van der Waals surface area contributed by atoms with Crippen LogP contribution < -0.4 is 26.0 Å². The predicted octanol–water partition coefficient (Wildman–Crippen LogP) is 5.18. The van der Waals surface area contributed by atoms with Crippen molar-refractivity contribution in [3.05, 3.63) is 100 Å². The molecule has 0 radical (unpaired) electrons. The van der Waals surface area contributed by atoms with Gasteiger partial charge in [-0.3, -0.25) is 14.4 Å². The Hall–Kier alpha value is -5.91. The van der Waals surface area contributed by atoms with Gasteiger partial charge in [-0.25, -0.2) is 13.6 Å². The first kappa shape index (κ1) is 39.3. The zero-order valence-corrected chi connectivity index (χ0v) is 29.0. The summed E-state index contributed by atoms with van der Waals surface area (Å²) in [4.78, 5) is 62.2. The minimum absolute atomic E-state index is 0.0516. The Morgan fingerprint density at radius 2 is 1.61 bits per heavy atom. The summed E-state index contributed by atoms with van der Waals surface area (Å²) in [6.45, 7) is -1.89. The highest BCUT2D eigenvalue weighted by Gasteiger charge is 2.45. The Kier molecular flexibility index (Phi) is 12.3. The molecule has 19 heteroatoms. The summed E-state index contributed by atoms with van der Waals surface area (Å²) in [5.41, 5.74) is 0.529. The van der Waals surface area contributed by atoms with Crippen molar-refractivity contribution < 1.29 is 50.6 Å².